The van der Waals surface area contributed by atoms with Gasteiger partial charge in [0.2, 0.25) is 0 Å². The lowest BCUT2D eigenvalue weighted by atomic mass is 10.1. The fourth-order valence-electron chi connectivity index (χ4n) is 3.84. The van der Waals surface area contributed by atoms with E-state index in [4.69, 9.17) is 0 Å². The molecule has 2 aromatic carbocycles. The third kappa shape index (κ3) is 5.34. The highest BCUT2D eigenvalue weighted by atomic mass is 32.2. The van der Waals surface area contributed by atoms with Crippen molar-refractivity contribution in [2.24, 2.45) is 0 Å². The highest BCUT2D eigenvalue weighted by molar-refractivity contribution is 8.18. The number of hydrogen-bond donors (Lipinski definition) is 2. The Bertz CT molecular complexity index is 898. The molecule has 30 heavy (non-hydrogen) atoms. The first-order valence-corrected chi connectivity index (χ1v) is 14.2. The molecule has 0 saturated heterocycles. The smallest absolute Gasteiger partial charge is 0.0897 e. The van der Waals surface area contributed by atoms with E-state index in [1.54, 1.807) is 23.5 Å². The Labute approximate surface area is 196 Å². The second-order valence-electron chi connectivity index (χ2n) is 7.12. The summed E-state index contributed by atoms with van der Waals surface area (Å²) in [5.74, 6) is 1.21. The van der Waals surface area contributed by atoms with Gasteiger partial charge in [0.25, 0.3) is 0 Å². The molecule has 0 aromatic heterocycles. The van der Waals surface area contributed by atoms with Crippen molar-refractivity contribution in [3.63, 3.8) is 0 Å². The minimum absolute atomic E-state index is 0.122. The van der Waals surface area contributed by atoms with Crippen LogP contribution in [0.3, 0.4) is 0 Å². The summed E-state index contributed by atoms with van der Waals surface area (Å²) >= 11 is 7.16. The van der Waals surface area contributed by atoms with Crippen molar-refractivity contribution in [2.75, 3.05) is 17.6 Å². The molecular weight excluding hydrogens is 449 g/mol. The van der Waals surface area contributed by atoms with E-state index in [1.165, 1.54) is 22.3 Å². The molecule has 2 N–H and O–H groups in total. The molecule has 0 bridgehead atoms. The van der Waals surface area contributed by atoms with Crippen molar-refractivity contribution in [3.8, 4) is 0 Å². The van der Waals surface area contributed by atoms with Gasteiger partial charge in [-0.25, -0.2) is 0 Å². The Morgan fingerprint density at radius 1 is 0.767 bits per heavy atom. The van der Waals surface area contributed by atoms with Crippen molar-refractivity contribution in [2.45, 2.75) is 26.8 Å². The van der Waals surface area contributed by atoms with Crippen LogP contribution in [0.15, 0.2) is 60.7 Å². The van der Waals surface area contributed by atoms with Gasteiger partial charge < -0.3 is 10.2 Å². The van der Waals surface area contributed by atoms with Crippen LogP contribution in [0.25, 0.3) is 12.2 Å². The van der Waals surface area contributed by atoms with Gasteiger partial charge in [-0.15, -0.1) is 47.0 Å². The molecule has 0 amide bonds. The van der Waals surface area contributed by atoms with Crippen LogP contribution >= 0.6 is 47.0 Å². The summed E-state index contributed by atoms with van der Waals surface area (Å²) in [4.78, 5) is 0. The Balaban J connectivity index is 1.51. The van der Waals surface area contributed by atoms with Crippen molar-refractivity contribution >= 4 is 59.2 Å². The molecular formula is C24H26O2S4. The van der Waals surface area contributed by atoms with Gasteiger partial charge in [-0.05, 0) is 34.4 Å². The van der Waals surface area contributed by atoms with Crippen LogP contribution in [-0.4, -0.2) is 37.7 Å². The van der Waals surface area contributed by atoms with Crippen molar-refractivity contribution in [1.82, 2.24) is 0 Å². The zero-order chi connectivity index (χ0) is 20.8. The highest BCUT2D eigenvalue weighted by Gasteiger charge is 2.31. The number of hydrogen-bond acceptors (Lipinski definition) is 6. The summed E-state index contributed by atoms with van der Waals surface area (Å²) in [6, 6.07) is 17.2. The van der Waals surface area contributed by atoms with Crippen LogP contribution in [0, 0.1) is 0 Å². The minimum atomic E-state index is 0.122. The van der Waals surface area contributed by atoms with E-state index in [1.807, 2.05) is 23.5 Å². The Morgan fingerprint density at radius 2 is 1.37 bits per heavy atom. The van der Waals surface area contributed by atoms with Gasteiger partial charge in [0.1, 0.15) is 0 Å². The summed E-state index contributed by atoms with van der Waals surface area (Å²) < 4.78 is 0.265. The Kier molecular flexibility index (Phi) is 8.38. The first-order valence-electron chi connectivity index (χ1n) is 10.1. The summed E-state index contributed by atoms with van der Waals surface area (Å²) in [5.41, 5.74) is 5.36. The van der Waals surface area contributed by atoms with Crippen molar-refractivity contribution < 1.29 is 10.2 Å². The molecule has 4 rings (SSSR count). The van der Waals surface area contributed by atoms with E-state index < -0.39 is 0 Å². The molecule has 2 nitrogen and oxygen atoms in total. The lowest BCUT2D eigenvalue weighted by Gasteiger charge is -2.29. The van der Waals surface area contributed by atoms with Gasteiger partial charge in [0.15, 0.2) is 0 Å². The topological polar surface area (TPSA) is 40.5 Å². The van der Waals surface area contributed by atoms with E-state index in [-0.39, 0.29) is 16.5 Å². The van der Waals surface area contributed by atoms with Crippen LogP contribution in [0.5, 0.6) is 0 Å². The van der Waals surface area contributed by atoms with E-state index >= 15 is 0 Å². The maximum Gasteiger partial charge on any atom is 0.0897 e. The molecule has 0 saturated carbocycles. The van der Waals surface area contributed by atoms with Crippen molar-refractivity contribution in [3.05, 3.63) is 82.9 Å². The molecule has 2 aromatic rings. The maximum absolute atomic E-state index is 9.81. The molecule has 2 aliphatic carbocycles. The number of fused-ring (bicyclic) bond motifs is 2. The molecule has 4 unspecified atom stereocenters. The van der Waals surface area contributed by atoms with Crippen LogP contribution in [-0.2, 0) is 0 Å². The van der Waals surface area contributed by atoms with Gasteiger partial charge in [0.05, 0.1) is 16.5 Å². The first-order chi connectivity index (χ1) is 14.8. The van der Waals surface area contributed by atoms with Gasteiger partial charge in [-0.1, -0.05) is 72.8 Å². The predicted octanol–water partition coefficient (Wildman–Crippen LogP) is 6.44. The normalized spacial score (nSPS) is 20.9. The molecule has 6 heteroatoms. The lowest BCUT2D eigenvalue weighted by molar-refractivity contribution is 0.374. The monoisotopic (exact) mass is 474 g/mol. The molecule has 0 aliphatic heterocycles. The third-order valence-corrected chi connectivity index (χ3v) is 10.8. The highest BCUT2D eigenvalue weighted by Crippen LogP contribution is 2.50. The van der Waals surface area contributed by atoms with Gasteiger partial charge in [0, 0.05) is 15.7 Å². The van der Waals surface area contributed by atoms with Crippen LogP contribution < -0.4 is 0 Å². The average molecular weight is 475 g/mol. The Morgan fingerprint density at radius 3 is 1.97 bits per heavy atom. The second-order valence-corrected chi connectivity index (χ2v) is 12.3. The number of aliphatic hydroxyl groups is 2. The molecule has 0 fully saturated rings. The summed E-state index contributed by atoms with van der Waals surface area (Å²) in [5, 5.41) is 20.1. The van der Waals surface area contributed by atoms with Crippen molar-refractivity contribution in [1.29, 1.82) is 0 Å². The third-order valence-electron chi connectivity index (χ3n) is 5.29. The van der Waals surface area contributed by atoms with E-state index in [9.17, 15) is 10.2 Å². The molecule has 158 valence electrons. The standard InChI is InChI=1S/C24H26O2S4/c25-15-27-14-13-23(29-21-11-9-17-5-1-3-7-19(17)21)24(28-16-26)30-22-12-10-18-6-2-4-8-20(18)22/h1-12,21-26H,13-16H2. The summed E-state index contributed by atoms with van der Waals surface area (Å²) in [6.07, 6.45) is 10.0. The first kappa shape index (κ1) is 22.4. The van der Waals surface area contributed by atoms with E-state index in [0.717, 1.165) is 12.2 Å². The molecule has 0 heterocycles. The second kappa shape index (κ2) is 11.2. The Hall–Kier alpha value is -0.760. The number of benzene rings is 2. The van der Waals surface area contributed by atoms with Crippen LogP contribution in [0.1, 0.15) is 39.2 Å². The molecule has 0 spiro atoms. The molecule has 4 atom stereocenters. The largest absolute Gasteiger partial charge is 0.386 e. The number of thioether (sulfide) groups is 4. The predicted molar refractivity (Wildman–Crippen MR) is 138 cm³/mol. The van der Waals surface area contributed by atoms with Crippen LogP contribution in [0.4, 0.5) is 0 Å². The summed E-state index contributed by atoms with van der Waals surface area (Å²) in [6.45, 7) is 0. The zero-order valence-electron chi connectivity index (χ0n) is 16.6. The molecule has 2 aliphatic rings. The molecule has 0 radical (unpaired) electrons. The number of aliphatic hydroxyl groups excluding tert-OH is 2. The zero-order valence-corrected chi connectivity index (χ0v) is 19.9. The maximum atomic E-state index is 9.81. The van der Waals surface area contributed by atoms with Gasteiger partial charge >= 0.3 is 0 Å². The number of rotatable bonds is 11. The minimum Gasteiger partial charge on any atom is -0.386 e. The SMILES string of the molecule is OCSCCC(SC1C=Cc2ccccc21)C(SCO)SC1C=Cc2ccccc21. The van der Waals surface area contributed by atoms with Gasteiger partial charge in [-0.2, -0.15) is 0 Å². The van der Waals surface area contributed by atoms with Crippen LogP contribution in [0.2, 0.25) is 0 Å². The van der Waals surface area contributed by atoms with E-state index in [2.05, 4.69) is 72.8 Å². The lowest BCUT2D eigenvalue weighted by Crippen LogP contribution is -2.21. The average Bonchev–Trinajstić information content (AvgIpc) is 3.37. The fourth-order valence-corrected chi connectivity index (χ4v) is 9.13. The van der Waals surface area contributed by atoms with E-state index in [0.29, 0.717) is 15.7 Å². The quantitative estimate of drug-likeness (QED) is 0.288. The van der Waals surface area contributed by atoms with Gasteiger partial charge in [-0.3, -0.25) is 0 Å². The summed E-state index contributed by atoms with van der Waals surface area (Å²) in [7, 11) is 0. The fraction of sp³-hybridized carbons (Fsp3) is 0.333.